The third-order valence-corrected chi connectivity index (χ3v) is 9.47. The molecule has 21 heteroatoms. The van der Waals surface area contributed by atoms with E-state index in [4.69, 9.17) is 14.2 Å². The number of hydrogen-bond donors (Lipinski definition) is 4. The van der Waals surface area contributed by atoms with Gasteiger partial charge in [0.05, 0.1) is 32.7 Å². The number of unbranched alkanes of at least 4 members (excludes halogenated alkanes) is 1. The topological polar surface area (TPSA) is 254 Å². The summed E-state index contributed by atoms with van der Waals surface area (Å²) in [5, 5.41) is 17.2. The first kappa shape index (κ1) is 48.6. The van der Waals surface area contributed by atoms with E-state index in [2.05, 4.69) is 16.0 Å². The highest BCUT2D eigenvalue weighted by atomic mass is 16.9. The molecule has 0 aromatic heterocycles. The van der Waals surface area contributed by atoms with Gasteiger partial charge in [0.15, 0.2) is 0 Å². The summed E-state index contributed by atoms with van der Waals surface area (Å²) in [5.74, 6) is -5.96. The fourth-order valence-corrected chi connectivity index (χ4v) is 5.85. The van der Waals surface area contributed by atoms with E-state index in [0.717, 1.165) is 17.1 Å². The van der Waals surface area contributed by atoms with Gasteiger partial charge in [-0.05, 0) is 64.1 Å². The number of rotatable bonds is 22. The maximum Gasteiger partial charge on any atom is 0.412 e. The van der Waals surface area contributed by atoms with Gasteiger partial charge in [-0.3, -0.25) is 62.9 Å². The number of nitrogens with zero attached hydrogens (tertiary/aromatic N) is 5. The third kappa shape index (κ3) is 17.6. The Labute approximate surface area is 348 Å². The molecule has 1 aromatic rings. The molecule has 0 bridgehead atoms. The molecule has 0 aliphatic carbocycles. The first-order chi connectivity index (χ1) is 28.6. The molecular formula is C39H56N8O13. The molecule has 1 unspecified atom stereocenters. The quantitative estimate of drug-likeness (QED) is 0.0567. The molecule has 1 saturated heterocycles. The van der Waals surface area contributed by atoms with Crippen molar-refractivity contribution in [1.29, 1.82) is 0 Å². The summed E-state index contributed by atoms with van der Waals surface area (Å²) in [7, 11) is 3.41. The smallest absolute Gasteiger partial charge is 0.412 e. The highest BCUT2D eigenvalue weighted by molar-refractivity contribution is 6.12. The van der Waals surface area contributed by atoms with Crippen molar-refractivity contribution in [3.8, 4) is 0 Å². The van der Waals surface area contributed by atoms with Crippen molar-refractivity contribution in [3.05, 3.63) is 47.5 Å². The summed E-state index contributed by atoms with van der Waals surface area (Å²) < 4.78 is 15.5. The fraction of sp³-hybridized carbons (Fsp3) is 0.564. The minimum atomic E-state index is -1.83. The molecule has 3 rings (SSSR count). The lowest BCUT2D eigenvalue weighted by atomic mass is 10.1. The number of amides is 5. The molecule has 0 spiro atoms. The molecule has 0 radical (unpaired) electrons. The van der Waals surface area contributed by atoms with Crippen LogP contribution in [0.25, 0.3) is 0 Å². The predicted octanol–water partition coefficient (Wildman–Crippen LogP) is -1.87. The van der Waals surface area contributed by atoms with Gasteiger partial charge in [0, 0.05) is 57.0 Å². The van der Waals surface area contributed by atoms with Crippen LogP contribution in [0, 0.1) is 0 Å². The van der Waals surface area contributed by atoms with Crippen molar-refractivity contribution in [2.75, 3.05) is 92.6 Å². The number of likely N-dealkylation sites (N-methyl/N-ethyl adjacent to an activating group) is 3. The van der Waals surface area contributed by atoms with E-state index in [-0.39, 0.29) is 57.2 Å². The number of carboxylic acids is 1. The summed E-state index contributed by atoms with van der Waals surface area (Å²) in [6, 6.07) is 5.17. The van der Waals surface area contributed by atoms with Crippen molar-refractivity contribution in [2.24, 2.45) is 0 Å². The van der Waals surface area contributed by atoms with Crippen LogP contribution in [0.15, 0.2) is 36.4 Å². The minimum Gasteiger partial charge on any atom is -0.480 e. The van der Waals surface area contributed by atoms with E-state index in [9.17, 15) is 48.3 Å². The SMILES string of the molecule is CCN(C)CC(=O)OC1OC(=O)CN(C)CCN(CCN(CC)CC(=O)NCc2cccc(C(=O)NCC(=O)N[C@@H](CCCCN3C(=O)C=CC3=O)C(=O)O)c2)CC(=O)O1. The molecule has 2 aliphatic rings. The van der Waals surface area contributed by atoms with Crippen LogP contribution in [-0.2, 0) is 59.1 Å². The Bertz CT molecular complexity index is 1720. The van der Waals surface area contributed by atoms with E-state index in [1.54, 1.807) is 47.0 Å². The Morgan fingerprint density at radius 1 is 0.900 bits per heavy atom. The number of carbonyl (C=O) groups excluding carboxylic acids is 8. The van der Waals surface area contributed by atoms with Crippen LogP contribution >= 0.6 is 0 Å². The van der Waals surface area contributed by atoms with E-state index < -0.39 is 66.6 Å². The molecule has 2 heterocycles. The first-order valence-corrected chi connectivity index (χ1v) is 19.7. The van der Waals surface area contributed by atoms with Crippen LogP contribution in [0.4, 0.5) is 0 Å². The van der Waals surface area contributed by atoms with Gasteiger partial charge in [-0.15, -0.1) is 0 Å². The van der Waals surface area contributed by atoms with Gasteiger partial charge in [-0.2, -0.15) is 0 Å². The van der Waals surface area contributed by atoms with Gasteiger partial charge >= 0.3 is 30.4 Å². The Morgan fingerprint density at radius 3 is 2.27 bits per heavy atom. The summed E-state index contributed by atoms with van der Waals surface area (Å²) in [6.45, 7) is 3.87. The largest absolute Gasteiger partial charge is 0.480 e. The van der Waals surface area contributed by atoms with Gasteiger partial charge in [0.1, 0.15) is 6.04 Å². The van der Waals surface area contributed by atoms with E-state index in [0.29, 0.717) is 57.7 Å². The molecule has 21 nitrogen and oxygen atoms in total. The van der Waals surface area contributed by atoms with E-state index in [1.165, 1.54) is 6.07 Å². The van der Waals surface area contributed by atoms with Crippen LogP contribution in [0.5, 0.6) is 0 Å². The zero-order chi connectivity index (χ0) is 44.2. The molecule has 2 atom stereocenters. The highest BCUT2D eigenvalue weighted by Crippen LogP contribution is 2.10. The monoisotopic (exact) mass is 844 g/mol. The number of imide groups is 1. The zero-order valence-electron chi connectivity index (χ0n) is 34.5. The second kappa shape index (κ2) is 25.0. The molecule has 2 aliphatic heterocycles. The van der Waals surface area contributed by atoms with Crippen molar-refractivity contribution in [3.63, 3.8) is 0 Å². The number of carboxylic acid groups (broad SMARTS) is 1. The van der Waals surface area contributed by atoms with Crippen molar-refractivity contribution >= 4 is 53.4 Å². The number of esters is 3. The van der Waals surface area contributed by atoms with Crippen molar-refractivity contribution < 1.29 is 62.5 Å². The second-order valence-electron chi connectivity index (χ2n) is 14.2. The fourth-order valence-electron chi connectivity index (χ4n) is 5.85. The number of cyclic esters (lactones) is 2. The molecule has 60 heavy (non-hydrogen) atoms. The zero-order valence-corrected chi connectivity index (χ0v) is 34.5. The second-order valence-corrected chi connectivity index (χ2v) is 14.2. The number of carbonyl (C=O) groups is 9. The van der Waals surface area contributed by atoms with Crippen LogP contribution in [0.3, 0.4) is 0 Å². The molecular weight excluding hydrogens is 788 g/mol. The van der Waals surface area contributed by atoms with Gasteiger partial charge < -0.3 is 35.3 Å². The lowest BCUT2D eigenvalue weighted by Crippen LogP contribution is -2.45. The van der Waals surface area contributed by atoms with Crippen LogP contribution in [-0.4, -0.2) is 188 Å². The lowest BCUT2D eigenvalue weighted by Gasteiger charge is -2.27. The normalized spacial score (nSPS) is 17.2. The molecule has 330 valence electrons. The lowest BCUT2D eigenvalue weighted by molar-refractivity contribution is -0.258. The van der Waals surface area contributed by atoms with Gasteiger partial charge in [-0.1, -0.05) is 26.0 Å². The van der Waals surface area contributed by atoms with Gasteiger partial charge in [0.25, 0.3) is 17.7 Å². The highest BCUT2D eigenvalue weighted by Gasteiger charge is 2.28. The molecule has 0 saturated carbocycles. The van der Waals surface area contributed by atoms with Crippen molar-refractivity contribution in [2.45, 2.75) is 52.2 Å². The number of benzene rings is 1. The number of nitrogens with one attached hydrogen (secondary N) is 3. The molecule has 1 fully saturated rings. The van der Waals surface area contributed by atoms with Crippen molar-refractivity contribution in [1.82, 2.24) is 40.4 Å². The van der Waals surface area contributed by atoms with E-state index >= 15 is 0 Å². The Balaban J connectivity index is 1.44. The van der Waals surface area contributed by atoms with Crippen LogP contribution in [0.1, 0.15) is 49.0 Å². The Morgan fingerprint density at radius 2 is 1.60 bits per heavy atom. The standard InChI is InChI=1S/C39H56N8O13/c1-5-43(3)24-34(52)58-39-59-35(53)25-44(4)16-17-46(26-36(54)60-39)19-18-45(6-2)23-31(49)40-21-27-10-9-11-28(20-27)37(55)41-22-30(48)42-29(38(56)57)12-7-8-15-47-32(50)13-14-33(47)51/h9-11,13-14,20,29,39H,5-8,12,15-19,21-26H2,1-4H3,(H,40,49)(H,41,55)(H,42,48)(H,56,57)/t29-,39?/m0/s1. The van der Waals surface area contributed by atoms with Crippen LogP contribution in [0.2, 0.25) is 0 Å². The van der Waals surface area contributed by atoms with Gasteiger partial charge in [-0.25, -0.2) is 4.79 Å². The third-order valence-electron chi connectivity index (χ3n) is 9.47. The Kier molecular flexibility index (Phi) is 20.2. The van der Waals surface area contributed by atoms with E-state index in [1.807, 2.05) is 18.7 Å². The number of aliphatic carboxylic acids is 1. The maximum absolute atomic E-state index is 13.0. The first-order valence-electron chi connectivity index (χ1n) is 19.7. The summed E-state index contributed by atoms with van der Waals surface area (Å²) in [5.41, 5.74) is 0.821. The maximum atomic E-state index is 13.0. The summed E-state index contributed by atoms with van der Waals surface area (Å²) in [6.07, 6.45) is 3.04. The predicted molar refractivity (Wildman–Crippen MR) is 211 cm³/mol. The Hall–Kier alpha value is -5.77. The molecule has 1 aromatic carbocycles. The van der Waals surface area contributed by atoms with Gasteiger partial charge in [0.2, 0.25) is 11.8 Å². The number of ether oxygens (including phenoxy) is 3. The molecule has 4 N–H and O–H groups in total. The average molecular weight is 845 g/mol. The number of hydrogen-bond acceptors (Lipinski definition) is 16. The van der Waals surface area contributed by atoms with Crippen LogP contribution < -0.4 is 16.0 Å². The minimum absolute atomic E-state index is 0.0309. The average Bonchev–Trinajstić information content (AvgIpc) is 3.51. The summed E-state index contributed by atoms with van der Waals surface area (Å²) >= 11 is 0. The molecule has 5 amide bonds. The summed E-state index contributed by atoms with van der Waals surface area (Å²) in [4.78, 5) is 119.